The van der Waals surface area contributed by atoms with Gasteiger partial charge < -0.3 is 20.1 Å². The second kappa shape index (κ2) is 8.94. The van der Waals surface area contributed by atoms with Gasteiger partial charge in [-0.05, 0) is 50.1 Å². The summed E-state index contributed by atoms with van der Waals surface area (Å²) in [6, 6.07) is 5.36. The van der Waals surface area contributed by atoms with E-state index in [1.807, 2.05) is 29.9 Å². The molecule has 0 aromatic carbocycles. The number of hydrogen-bond donors (Lipinski definition) is 2. The molecular formula is C20H31N7S. The predicted octanol–water partition coefficient (Wildman–Crippen LogP) is 2.83. The number of rotatable bonds is 5. The van der Waals surface area contributed by atoms with Crippen LogP contribution in [0.1, 0.15) is 50.2 Å². The monoisotopic (exact) mass is 401 g/mol. The SMILES string of the molecule is Cc1nnc(CN=C(NC2CCCC2)NC2CCN(c3cccs3)CC2)n1C. The van der Waals surface area contributed by atoms with Crippen molar-refractivity contribution in [3.63, 3.8) is 0 Å². The summed E-state index contributed by atoms with van der Waals surface area (Å²) in [6.07, 6.45) is 7.36. The zero-order chi connectivity index (χ0) is 19.3. The highest BCUT2D eigenvalue weighted by molar-refractivity contribution is 7.14. The summed E-state index contributed by atoms with van der Waals surface area (Å²) in [5.41, 5.74) is 0. The van der Waals surface area contributed by atoms with E-state index in [1.54, 1.807) is 0 Å². The molecule has 1 aliphatic heterocycles. The topological polar surface area (TPSA) is 70.4 Å². The van der Waals surface area contributed by atoms with Gasteiger partial charge in [-0.3, -0.25) is 0 Å². The summed E-state index contributed by atoms with van der Waals surface area (Å²) in [7, 11) is 2.00. The average Bonchev–Trinajstić information content (AvgIpc) is 3.46. The van der Waals surface area contributed by atoms with Gasteiger partial charge in [0.1, 0.15) is 12.4 Å². The number of nitrogens with one attached hydrogen (secondary N) is 2. The second-order valence-corrected chi connectivity index (χ2v) is 8.80. The molecule has 2 aliphatic rings. The summed E-state index contributed by atoms with van der Waals surface area (Å²) in [6.45, 7) is 4.71. The highest BCUT2D eigenvalue weighted by atomic mass is 32.1. The maximum atomic E-state index is 4.85. The number of aryl methyl sites for hydroxylation is 1. The number of piperidine rings is 1. The van der Waals surface area contributed by atoms with Crippen LogP contribution >= 0.6 is 11.3 Å². The third kappa shape index (κ3) is 4.66. The molecule has 1 aliphatic carbocycles. The molecule has 1 saturated carbocycles. The predicted molar refractivity (Wildman–Crippen MR) is 115 cm³/mol. The Morgan fingerprint density at radius 2 is 1.86 bits per heavy atom. The van der Waals surface area contributed by atoms with Crippen molar-refractivity contribution in [2.45, 2.75) is 64.1 Å². The number of thiophene rings is 1. The molecule has 1 saturated heterocycles. The normalized spacial score (nSPS) is 19.4. The van der Waals surface area contributed by atoms with Crippen LogP contribution in [-0.2, 0) is 13.6 Å². The van der Waals surface area contributed by atoms with Crippen molar-refractivity contribution in [3.8, 4) is 0 Å². The third-order valence-electron chi connectivity index (χ3n) is 5.91. The number of nitrogens with zero attached hydrogens (tertiary/aromatic N) is 5. The summed E-state index contributed by atoms with van der Waals surface area (Å²) in [5.74, 6) is 2.75. The summed E-state index contributed by atoms with van der Waals surface area (Å²) < 4.78 is 2.01. The second-order valence-electron chi connectivity index (χ2n) is 7.87. The van der Waals surface area contributed by atoms with Gasteiger partial charge in [0.25, 0.3) is 0 Å². The number of guanidine groups is 1. The Morgan fingerprint density at radius 3 is 2.46 bits per heavy atom. The molecule has 2 N–H and O–H groups in total. The van der Waals surface area contributed by atoms with Gasteiger partial charge in [0.05, 0.1) is 5.00 Å². The number of anilines is 1. The largest absolute Gasteiger partial charge is 0.363 e. The van der Waals surface area contributed by atoms with Crippen LogP contribution in [0.4, 0.5) is 5.00 Å². The first-order chi connectivity index (χ1) is 13.7. The molecule has 0 unspecified atom stereocenters. The Balaban J connectivity index is 1.37. The lowest BCUT2D eigenvalue weighted by molar-refractivity contribution is 0.457. The van der Waals surface area contributed by atoms with Gasteiger partial charge in [-0.1, -0.05) is 12.8 Å². The Kier molecular flexibility index (Phi) is 6.14. The van der Waals surface area contributed by atoms with E-state index in [2.05, 4.69) is 43.2 Å². The van der Waals surface area contributed by atoms with Crippen LogP contribution in [0.25, 0.3) is 0 Å². The Morgan fingerprint density at radius 1 is 1.14 bits per heavy atom. The Hall–Kier alpha value is -2.09. The summed E-state index contributed by atoms with van der Waals surface area (Å²) in [4.78, 5) is 7.35. The first kappa shape index (κ1) is 19.2. The van der Waals surface area contributed by atoms with E-state index >= 15 is 0 Å². The first-order valence-electron chi connectivity index (χ1n) is 10.4. The fourth-order valence-corrected chi connectivity index (χ4v) is 4.81. The molecule has 4 rings (SSSR count). The van der Waals surface area contributed by atoms with Gasteiger partial charge in [-0.15, -0.1) is 21.5 Å². The standard InChI is InChI=1S/C20H31N7S/c1-15-24-25-18(26(15)2)14-21-20(22-16-6-3-4-7-16)23-17-9-11-27(12-10-17)19-8-5-13-28-19/h5,8,13,16-17H,3-4,6-7,9-12,14H2,1-2H3,(H2,21,22,23). The lowest BCUT2D eigenvalue weighted by Gasteiger charge is -2.34. The molecule has 152 valence electrons. The van der Waals surface area contributed by atoms with Gasteiger partial charge in [0.15, 0.2) is 11.8 Å². The lowest BCUT2D eigenvalue weighted by Crippen LogP contribution is -2.50. The van der Waals surface area contributed by atoms with E-state index in [0.717, 1.165) is 43.5 Å². The molecule has 0 spiro atoms. The molecule has 3 heterocycles. The molecular weight excluding hydrogens is 370 g/mol. The highest BCUT2D eigenvalue weighted by Gasteiger charge is 2.22. The van der Waals surface area contributed by atoms with Crippen molar-refractivity contribution in [1.82, 2.24) is 25.4 Å². The zero-order valence-electron chi connectivity index (χ0n) is 16.9. The van der Waals surface area contributed by atoms with Crippen LogP contribution in [0, 0.1) is 6.92 Å². The minimum Gasteiger partial charge on any atom is -0.363 e. The molecule has 0 amide bonds. The molecule has 8 heteroatoms. The van der Waals surface area contributed by atoms with Gasteiger partial charge >= 0.3 is 0 Å². The van der Waals surface area contributed by atoms with Gasteiger partial charge in [-0.2, -0.15) is 0 Å². The van der Waals surface area contributed by atoms with Crippen LogP contribution < -0.4 is 15.5 Å². The molecule has 0 atom stereocenters. The fraction of sp³-hybridized carbons (Fsp3) is 0.650. The van der Waals surface area contributed by atoms with Crippen LogP contribution in [0.3, 0.4) is 0 Å². The molecule has 7 nitrogen and oxygen atoms in total. The molecule has 2 aromatic rings. The van der Waals surface area contributed by atoms with Gasteiger partial charge in [-0.25, -0.2) is 4.99 Å². The van der Waals surface area contributed by atoms with E-state index in [9.17, 15) is 0 Å². The number of hydrogen-bond acceptors (Lipinski definition) is 5. The van der Waals surface area contributed by atoms with Crippen molar-refractivity contribution in [2.24, 2.45) is 12.0 Å². The molecule has 0 radical (unpaired) electrons. The third-order valence-corrected chi connectivity index (χ3v) is 6.84. The minimum atomic E-state index is 0.463. The van der Waals surface area contributed by atoms with E-state index in [1.165, 1.54) is 30.7 Å². The highest BCUT2D eigenvalue weighted by Crippen LogP contribution is 2.25. The summed E-state index contributed by atoms with van der Waals surface area (Å²) >= 11 is 1.83. The van der Waals surface area contributed by atoms with Gasteiger partial charge in [0.2, 0.25) is 0 Å². The maximum absolute atomic E-state index is 4.85. The Bertz CT molecular complexity index is 769. The van der Waals surface area contributed by atoms with Crippen LogP contribution in [0.5, 0.6) is 0 Å². The smallest absolute Gasteiger partial charge is 0.192 e. The number of aromatic nitrogens is 3. The van der Waals surface area contributed by atoms with E-state index in [4.69, 9.17) is 4.99 Å². The van der Waals surface area contributed by atoms with Crippen molar-refractivity contribution in [1.29, 1.82) is 0 Å². The van der Waals surface area contributed by atoms with E-state index < -0.39 is 0 Å². The summed E-state index contributed by atoms with van der Waals surface area (Å²) in [5, 5.41) is 19.3. The lowest BCUT2D eigenvalue weighted by atomic mass is 10.1. The molecule has 0 bridgehead atoms. The van der Waals surface area contributed by atoms with Gasteiger partial charge in [0, 0.05) is 32.2 Å². The molecule has 2 fully saturated rings. The van der Waals surface area contributed by atoms with Crippen molar-refractivity contribution < 1.29 is 0 Å². The van der Waals surface area contributed by atoms with Crippen LogP contribution in [0.15, 0.2) is 22.5 Å². The first-order valence-corrected chi connectivity index (χ1v) is 11.3. The average molecular weight is 402 g/mol. The maximum Gasteiger partial charge on any atom is 0.192 e. The van der Waals surface area contributed by atoms with E-state index in [0.29, 0.717) is 18.6 Å². The quantitative estimate of drug-likeness (QED) is 0.596. The number of aliphatic imine (C=N–C) groups is 1. The van der Waals surface area contributed by atoms with Crippen molar-refractivity contribution >= 4 is 22.3 Å². The molecule has 2 aromatic heterocycles. The van der Waals surface area contributed by atoms with Crippen LogP contribution in [-0.4, -0.2) is 45.9 Å². The zero-order valence-corrected chi connectivity index (χ0v) is 17.7. The Labute approximate surface area is 171 Å². The molecule has 28 heavy (non-hydrogen) atoms. The van der Waals surface area contributed by atoms with Crippen LogP contribution in [0.2, 0.25) is 0 Å². The van der Waals surface area contributed by atoms with Crippen molar-refractivity contribution in [3.05, 3.63) is 29.2 Å². The fourth-order valence-electron chi connectivity index (χ4n) is 4.02. The van der Waals surface area contributed by atoms with E-state index in [-0.39, 0.29) is 0 Å². The minimum absolute atomic E-state index is 0.463. The van der Waals surface area contributed by atoms with Crippen molar-refractivity contribution in [2.75, 3.05) is 18.0 Å².